The minimum Gasteiger partial charge on any atom is -0.381 e. The molecule has 0 radical (unpaired) electrons. The summed E-state index contributed by atoms with van der Waals surface area (Å²) in [5.41, 5.74) is 9.09. The number of nitrogen functional groups attached to an aromatic ring is 1. The smallest absolute Gasteiger partial charge is 0.169 e. The summed E-state index contributed by atoms with van der Waals surface area (Å²) in [6, 6.07) is 7.90. The molecule has 2 aromatic rings. The van der Waals surface area contributed by atoms with Crippen LogP contribution < -0.4 is 5.73 Å². The van der Waals surface area contributed by atoms with Crippen LogP contribution in [0.3, 0.4) is 0 Å². The number of hydrogen-bond acceptors (Lipinski definition) is 4. The molecule has 0 saturated carbocycles. The van der Waals surface area contributed by atoms with Crippen molar-refractivity contribution in [3.8, 4) is 11.3 Å². The van der Waals surface area contributed by atoms with Gasteiger partial charge in [0.2, 0.25) is 0 Å². The molecule has 16 heavy (non-hydrogen) atoms. The van der Waals surface area contributed by atoms with Gasteiger partial charge in [0.1, 0.15) is 0 Å². The first-order chi connectivity index (χ1) is 7.84. The maximum atomic E-state index is 5.56. The van der Waals surface area contributed by atoms with Crippen molar-refractivity contribution >= 4 is 5.82 Å². The molecule has 1 aliphatic heterocycles. The van der Waals surface area contributed by atoms with Crippen LogP contribution >= 0.6 is 0 Å². The molecule has 1 aromatic carbocycles. The van der Waals surface area contributed by atoms with Crippen molar-refractivity contribution in [2.24, 2.45) is 0 Å². The molecule has 0 unspecified atom stereocenters. The molecule has 0 fully saturated rings. The van der Waals surface area contributed by atoms with E-state index in [0.29, 0.717) is 18.2 Å². The first kappa shape index (κ1) is 9.42. The third-order valence-corrected chi connectivity index (χ3v) is 2.83. The van der Waals surface area contributed by atoms with Crippen LogP contribution in [0.15, 0.2) is 28.8 Å². The Morgan fingerprint density at radius 2 is 2.25 bits per heavy atom. The number of benzene rings is 1. The van der Waals surface area contributed by atoms with Gasteiger partial charge in [0.15, 0.2) is 11.6 Å². The number of nitrogens with two attached hydrogens (primary N) is 1. The van der Waals surface area contributed by atoms with E-state index in [1.165, 1.54) is 11.1 Å². The van der Waals surface area contributed by atoms with Gasteiger partial charge in [0, 0.05) is 11.6 Å². The molecule has 0 atom stereocenters. The van der Waals surface area contributed by atoms with E-state index in [-0.39, 0.29) is 0 Å². The Balaban J connectivity index is 2.13. The van der Waals surface area contributed by atoms with Gasteiger partial charge in [-0.1, -0.05) is 23.4 Å². The molecular formula is C12H12N2O2. The molecular weight excluding hydrogens is 204 g/mol. The summed E-state index contributed by atoms with van der Waals surface area (Å²) in [4.78, 5) is 0. The molecule has 82 valence electrons. The van der Waals surface area contributed by atoms with E-state index in [1.54, 1.807) is 6.07 Å². The number of hydrogen-bond donors (Lipinski definition) is 1. The summed E-state index contributed by atoms with van der Waals surface area (Å²) in [7, 11) is 0. The van der Waals surface area contributed by atoms with Crippen LogP contribution in [0.1, 0.15) is 11.1 Å². The van der Waals surface area contributed by atoms with Gasteiger partial charge in [-0.15, -0.1) is 0 Å². The summed E-state index contributed by atoms with van der Waals surface area (Å²) in [5, 5.41) is 3.70. The van der Waals surface area contributed by atoms with E-state index in [0.717, 1.165) is 18.6 Å². The summed E-state index contributed by atoms with van der Waals surface area (Å²) in [6.07, 6.45) is 0.951. The summed E-state index contributed by atoms with van der Waals surface area (Å²) >= 11 is 0. The third kappa shape index (κ3) is 1.47. The lowest BCUT2D eigenvalue weighted by atomic mass is 9.96. The van der Waals surface area contributed by atoms with Crippen LogP contribution in [0, 0.1) is 0 Å². The van der Waals surface area contributed by atoms with Gasteiger partial charge < -0.3 is 15.0 Å². The van der Waals surface area contributed by atoms with Gasteiger partial charge in [-0.2, -0.15) is 0 Å². The zero-order valence-corrected chi connectivity index (χ0v) is 8.77. The monoisotopic (exact) mass is 216 g/mol. The quantitative estimate of drug-likeness (QED) is 0.791. The standard InChI is InChI=1S/C12H12N2O2/c13-12-6-11(16-14-12)9-3-1-2-8-4-5-15-7-10(8)9/h1-3,6H,4-5,7H2,(H2,13,14). The Morgan fingerprint density at radius 3 is 3.06 bits per heavy atom. The van der Waals surface area contributed by atoms with Crippen LogP contribution in [-0.2, 0) is 17.8 Å². The van der Waals surface area contributed by atoms with Gasteiger partial charge in [-0.05, 0) is 17.5 Å². The van der Waals surface area contributed by atoms with Crippen molar-refractivity contribution in [1.82, 2.24) is 5.16 Å². The average Bonchev–Trinajstić information content (AvgIpc) is 2.75. The molecule has 2 N–H and O–H groups in total. The van der Waals surface area contributed by atoms with Gasteiger partial charge >= 0.3 is 0 Å². The molecule has 0 aliphatic carbocycles. The lowest BCUT2D eigenvalue weighted by Gasteiger charge is -2.18. The molecule has 2 heterocycles. The summed E-state index contributed by atoms with van der Waals surface area (Å²) in [5.74, 6) is 1.11. The number of anilines is 1. The predicted octanol–water partition coefficient (Wildman–Crippen LogP) is 2.00. The Bertz CT molecular complexity index is 519. The fraction of sp³-hybridized carbons (Fsp3) is 0.250. The number of rotatable bonds is 1. The van der Waals surface area contributed by atoms with Crippen molar-refractivity contribution < 1.29 is 9.26 Å². The predicted molar refractivity (Wildman–Crippen MR) is 59.7 cm³/mol. The third-order valence-electron chi connectivity index (χ3n) is 2.83. The van der Waals surface area contributed by atoms with Crippen molar-refractivity contribution in [2.75, 3.05) is 12.3 Å². The van der Waals surface area contributed by atoms with E-state index >= 15 is 0 Å². The largest absolute Gasteiger partial charge is 0.381 e. The van der Waals surface area contributed by atoms with Crippen molar-refractivity contribution in [3.05, 3.63) is 35.4 Å². The second-order valence-electron chi connectivity index (χ2n) is 3.86. The van der Waals surface area contributed by atoms with Crippen LogP contribution in [-0.4, -0.2) is 11.8 Å². The molecule has 0 bridgehead atoms. The molecule has 0 amide bonds. The first-order valence-corrected chi connectivity index (χ1v) is 5.25. The van der Waals surface area contributed by atoms with Gasteiger partial charge in [-0.3, -0.25) is 0 Å². The molecule has 0 spiro atoms. The van der Waals surface area contributed by atoms with Gasteiger partial charge in [0.25, 0.3) is 0 Å². The van der Waals surface area contributed by atoms with Crippen LogP contribution in [0.4, 0.5) is 5.82 Å². The average molecular weight is 216 g/mol. The first-order valence-electron chi connectivity index (χ1n) is 5.25. The zero-order chi connectivity index (χ0) is 11.0. The van der Waals surface area contributed by atoms with E-state index in [1.807, 2.05) is 12.1 Å². The Kier molecular flexibility index (Phi) is 2.15. The second-order valence-corrected chi connectivity index (χ2v) is 3.86. The molecule has 4 nitrogen and oxygen atoms in total. The lowest BCUT2D eigenvalue weighted by molar-refractivity contribution is 0.111. The Labute approximate surface area is 93.0 Å². The molecule has 1 aromatic heterocycles. The number of nitrogens with zero attached hydrogens (tertiary/aromatic N) is 1. The normalized spacial score (nSPS) is 14.8. The highest BCUT2D eigenvalue weighted by molar-refractivity contribution is 5.66. The van der Waals surface area contributed by atoms with Crippen molar-refractivity contribution in [3.63, 3.8) is 0 Å². The van der Waals surface area contributed by atoms with E-state index in [2.05, 4.69) is 11.2 Å². The fourth-order valence-electron chi connectivity index (χ4n) is 2.04. The molecule has 3 rings (SSSR count). The number of aromatic nitrogens is 1. The Hall–Kier alpha value is -1.81. The van der Waals surface area contributed by atoms with Gasteiger partial charge in [-0.25, -0.2) is 0 Å². The Morgan fingerprint density at radius 1 is 1.31 bits per heavy atom. The topological polar surface area (TPSA) is 61.3 Å². The van der Waals surface area contributed by atoms with Crippen molar-refractivity contribution in [2.45, 2.75) is 13.0 Å². The molecule has 1 aliphatic rings. The van der Waals surface area contributed by atoms with Crippen LogP contribution in [0.2, 0.25) is 0 Å². The zero-order valence-electron chi connectivity index (χ0n) is 8.77. The van der Waals surface area contributed by atoms with Crippen LogP contribution in [0.25, 0.3) is 11.3 Å². The highest BCUT2D eigenvalue weighted by Gasteiger charge is 2.16. The highest BCUT2D eigenvalue weighted by atomic mass is 16.5. The van der Waals surface area contributed by atoms with Crippen molar-refractivity contribution in [1.29, 1.82) is 0 Å². The fourth-order valence-corrected chi connectivity index (χ4v) is 2.04. The summed E-state index contributed by atoms with van der Waals surface area (Å²) < 4.78 is 10.7. The minimum absolute atomic E-state index is 0.407. The summed E-state index contributed by atoms with van der Waals surface area (Å²) in [6.45, 7) is 1.42. The SMILES string of the molecule is Nc1cc(-c2cccc3c2COCC3)on1. The molecule has 0 saturated heterocycles. The maximum Gasteiger partial charge on any atom is 0.169 e. The minimum atomic E-state index is 0.407. The number of ether oxygens (including phenoxy) is 1. The van der Waals surface area contributed by atoms with E-state index in [9.17, 15) is 0 Å². The van der Waals surface area contributed by atoms with Crippen LogP contribution in [0.5, 0.6) is 0 Å². The van der Waals surface area contributed by atoms with E-state index in [4.69, 9.17) is 15.0 Å². The lowest BCUT2D eigenvalue weighted by Crippen LogP contribution is -2.10. The van der Waals surface area contributed by atoms with E-state index < -0.39 is 0 Å². The van der Waals surface area contributed by atoms with Gasteiger partial charge in [0.05, 0.1) is 13.2 Å². The number of fused-ring (bicyclic) bond motifs is 1. The highest BCUT2D eigenvalue weighted by Crippen LogP contribution is 2.30. The molecule has 4 heteroatoms. The second kappa shape index (κ2) is 3.64. The maximum absolute atomic E-state index is 5.56.